The van der Waals surface area contributed by atoms with E-state index in [1.807, 2.05) is 0 Å². The van der Waals surface area contributed by atoms with Crippen LogP contribution in [0.25, 0.3) is 0 Å². The van der Waals surface area contributed by atoms with Gasteiger partial charge >= 0.3 is 0 Å². The lowest BCUT2D eigenvalue weighted by atomic mass is 10.3. The quantitative estimate of drug-likeness (QED) is 0.392. The molecule has 0 fully saturated rings. The Kier molecular flexibility index (Phi) is 8.83. The zero-order chi connectivity index (χ0) is 9.94. The number of hydrogen-bond donors (Lipinski definition) is 1. The molecule has 13 heavy (non-hydrogen) atoms. The van der Waals surface area contributed by atoms with E-state index in [9.17, 15) is 0 Å². The molecule has 0 aliphatic rings. The molecule has 0 amide bonds. The number of unbranched alkanes of at least 4 members (excludes halogenated alkanes) is 2. The summed E-state index contributed by atoms with van der Waals surface area (Å²) in [6, 6.07) is 0.682. The Labute approximate surface area is 81.6 Å². The molecule has 0 radical (unpaired) electrons. The van der Waals surface area contributed by atoms with Gasteiger partial charge < -0.3 is 10.1 Å². The van der Waals surface area contributed by atoms with Crippen molar-refractivity contribution in [1.29, 1.82) is 0 Å². The van der Waals surface area contributed by atoms with E-state index in [1.54, 1.807) is 7.11 Å². The van der Waals surface area contributed by atoms with Crippen LogP contribution in [0.5, 0.6) is 0 Å². The van der Waals surface area contributed by atoms with E-state index in [0.717, 1.165) is 25.9 Å². The van der Waals surface area contributed by atoms with Crippen molar-refractivity contribution >= 4 is 6.02 Å². The third-order valence-corrected chi connectivity index (χ3v) is 1.77. The number of methoxy groups -OCH3 is 1. The molecule has 0 aliphatic carbocycles. The summed E-state index contributed by atoms with van der Waals surface area (Å²) >= 11 is 0. The Hall–Kier alpha value is -0.730. The molecule has 0 spiro atoms. The van der Waals surface area contributed by atoms with Crippen LogP contribution in [0.1, 0.15) is 39.5 Å². The fourth-order valence-corrected chi connectivity index (χ4v) is 0.903. The lowest BCUT2D eigenvalue weighted by molar-refractivity contribution is 0.377. The van der Waals surface area contributed by atoms with Crippen molar-refractivity contribution < 1.29 is 4.74 Å². The summed E-state index contributed by atoms with van der Waals surface area (Å²) in [5.74, 6) is 0. The molecule has 1 N–H and O–H groups in total. The number of rotatable bonds is 6. The fourth-order valence-electron chi connectivity index (χ4n) is 0.903. The molecule has 0 bridgehead atoms. The summed E-state index contributed by atoms with van der Waals surface area (Å²) in [7, 11) is 1.66. The van der Waals surface area contributed by atoms with E-state index in [0.29, 0.717) is 6.02 Å². The SMILES string of the molecule is CCCCN=C(NCCCC)OC. The van der Waals surface area contributed by atoms with Gasteiger partial charge in [0.25, 0.3) is 6.02 Å². The first-order chi connectivity index (χ1) is 6.35. The molecular weight excluding hydrogens is 164 g/mol. The topological polar surface area (TPSA) is 33.6 Å². The highest BCUT2D eigenvalue weighted by molar-refractivity contribution is 5.73. The molecule has 0 saturated carbocycles. The summed E-state index contributed by atoms with van der Waals surface area (Å²) in [5, 5.41) is 3.16. The number of hydrogen-bond acceptors (Lipinski definition) is 2. The van der Waals surface area contributed by atoms with Gasteiger partial charge in [0.05, 0.1) is 7.11 Å². The first-order valence-electron chi connectivity index (χ1n) is 5.17. The molecule has 3 heteroatoms. The van der Waals surface area contributed by atoms with Gasteiger partial charge in [0.2, 0.25) is 0 Å². The minimum atomic E-state index is 0.682. The van der Waals surface area contributed by atoms with Gasteiger partial charge in [0.15, 0.2) is 0 Å². The minimum absolute atomic E-state index is 0.682. The van der Waals surface area contributed by atoms with Crippen LogP contribution in [0.4, 0.5) is 0 Å². The van der Waals surface area contributed by atoms with Crippen molar-refractivity contribution in [3.05, 3.63) is 0 Å². The maximum Gasteiger partial charge on any atom is 0.284 e. The summed E-state index contributed by atoms with van der Waals surface area (Å²) in [6.07, 6.45) is 4.66. The summed E-state index contributed by atoms with van der Waals surface area (Å²) in [6.45, 7) is 6.14. The molecular formula is C10H22N2O. The predicted octanol–water partition coefficient (Wildman–Crippen LogP) is 2.18. The van der Waals surface area contributed by atoms with E-state index in [2.05, 4.69) is 24.2 Å². The second-order valence-electron chi connectivity index (χ2n) is 3.02. The fraction of sp³-hybridized carbons (Fsp3) is 0.900. The first-order valence-corrected chi connectivity index (χ1v) is 5.17. The third-order valence-electron chi connectivity index (χ3n) is 1.77. The number of aliphatic imine (C=N–C) groups is 1. The Morgan fingerprint density at radius 1 is 1.23 bits per heavy atom. The van der Waals surface area contributed by atoms with Gasteiger partial charge in [-0.1, -0.05) is 26.7 Å². The zero-order valence-corrected chi connectivity index (χ0v) is 9.10. The lowest BCUT2D eigenvalue weighted by Gasteiger charge is -2.06. The number of nitrogens with zero attached hydrogens (tertiary/aromatic N) is 1. The van der Waals surface area contributed by atoms with Crippen LogP contribution in [0.15, 0.2) is 4.99 Å². The largest absolute Gasteiger partial charge is 0.469 e. The second kappa shape index (κ2) is 9.36. The Morgan fingerprint density at radius 3 is 2.46 bits per heavy atom. The van der Waals surface area contributed by atoms with Crippen LogP contribution in [0.2, 0.25) is 0 Å². The van der Waals surface area contributed by atoms with Gasteiger partial charge in [-0.3, -0.25) is 0 Å². The molecule has 0 aliphatic heterocycles. The van der Waals surface area contributed by atoms with Crippen LogP contribution < -0.4 is 5.32 Å². The molecule has 0 heterocycles. The van der Waals surface area contributed by atoms with Gasteiger partial charge in [0.1, 0.15) is 0 Å². The highest BCUT2D eigenvalue weighted by Crippen LogP contribution is 1.89. The molecule has 0 rings (SSSR count). The minimum Gasteiger partial charge on any atom is -0.469 e. The summed E-state index contributed by atoms with van der Waals surface area (Å²) in [4.78, 5) is 4.29. The van der Waals surface area contributed by atoms with E-state index in [-0.39, 0.29) is 0 Å². The maximum atomic E-state index is 5.08. The Morgan fingerprint density at radius 2 is 1.92 bits per heavy atom. The lowest BCUT2D eigenvalue weighted by Crippen LogP contribution is -2.26. The highest BCUT2D eigenvalue weighted by Gasteiger charge is 1.94. The number of nitrogens with one attached hydrogen (secondary N) is 1. The van der Waals surface area contributed by atoms with Gasteiger partial charge in [-0.15, -0.1) is 0 Å². The molecule has 78 valence electrons. The van der Waals surface area contributed by atoms with E-state index in [1.165, 1.54) is 12.8 Å². The van der Waals surface area contributed by atoms with Gasteiger partial charge in [-0.2, -0.15) is 0 Å². The van der Waals surface area contributed by atoms with Crippen LogP contribution in [-0.4, -0.2) is 26.2 Å². The molecule has 0 aromatic carbocycles. The highest BCUT2D eigenvalue weighted by atomic mass is 16.5. The van der Waals surface area contributed by atoms with Gasteiger partial charge in [-0.25, -0.2) is 4.99 Å². The van der Waals surface area contributed by atoms with Crippen LogP contribution in [-0.2, 0) is 4.74 Å². The molecule has 0 unspecified atom stereocenters. The van der Waals surface area contributed by atoms with E-state index in [4.69, 9.17) is 4.74 Å². The molecule has 0 atom stereocenters. The monoisotopic (exact) mass is 186 g/mol. The van der Waals surface area contributed by atoms with Crippen molar-refractivity contribution in [3.63, 3.8) is 0 Å². The molecule has 0 saturated heterocycles. The Balaban J connectivity index is 3.54. The first kappa shape index (κ1) is 12.3. The summed E-state index contributed by atoms with van der Waals surface area (Å²) < 4.78 is 5.08. The van der Waals surface area contributed by atoms with Crippen LogP contribution in [0, 0.1) is 0 Å². The van der Waals surface area contributed by atoms with Crippen molar-refractivity contribution in [2.75, 3.05) is 20.2 Å². The van der Waals surface area contributed by atoms with Crippen molar-refractivity contribution in [2.24, 2.45) is 4.99 Å². The average molecular weight is 186 g/mol. The van der Waals surface area contributed by atoms with Crippen molar-refractivity contribution in [3.8, 4) is 0 Å². The average Bonchev–Trinajstić information content (AvgIpc) is 2.16. The maximum absolute atomic E-state index is 5.08. The molecule has 3 nitrogen and oxygen atoms in total. The number of ether oxygens (including phenoxy) is 1. The normalized spacial score (nSPS) is 11.5. The number of amidine groups is 1. The molecule has 0 aromatic heterocycles. The molecule has 0 aromatic rings. The van der Waals surface area contributed by atoms with Gasteiger partial charge in [0, 0.05) is 13.1 Å². The van der Waals surface area contributed by atoms with Crippen LogP contribution in [0.3, 0.4) is 0 Å². The van der Waals surface area contributed by atoms with E-state index < -0.39 is 0 Å². The van der Waals surface area contributed by atoms with Crippen molar-refractivity contribution in [2.45, 2.75) is 39.5 Å². The van der Waals surface area contributed by atoms with Crippen molar-refractivity contribution in [1.82, 2.24) is 5.32 Å². The van der Waals surface area contributed by atoms with Crippen LogP contribution >= 0.6 is 0 Å². The standard InChI is InChI=1S/C10H22N2O/c1-4-6-8-11-10(13-3)12-9-7-5-2/h4-9H2,1-3H3,(H,11,12). The zero-order valence-electron chi connectivity index (χ0n) is 9.10. The predicted molar refractivity (Wildman–Crippen MR) is 57.1 cm³/mol. The van der Waals surface area contributed by atoms with E-state index >= 15 is 0 Å². The Bertz CT molecular complexity index is 135. The summed E-state index contributed by atoms with van der Waals surface area (Å²) in [5.41, 5.74) is 0. The third kappa shape index (κ3) is 7.62. The van der Waals surface area contributed by atoms with Gasteiger partial charge in [-0.05, 0) is 12.8 Å². The smallest absolute Gasteiger partial charge is 0.284 e. The second-order valence-corrected chi connectivity index (χ2v) is 3.02.